The predicted octanol–water partition coefficient (Wildman–Crippen LogP) is 3.18. The molecule has 2 atom stereocenters. The maximum absolute atomic E-state index is 11.0. The number of rotatable bonds is 2. The van der Waals surface area contributed by atoms with Gasteiger partial charge in [-0.3, -0.25) is 10.1 Å². The summed E-state index contributed by atoms with van der Waals surface area (Å²) in [7, 11) is 0. The van der Waals surface area contributed by atoms with E-state index in [0.717, 1.165) is 12.0 Å². The van der Waals surface area contributed by atoms with Crippen LogP contribution in [0.1, 0.15) is 44.9 Å². The van der Waals surface area contributed by atoms with Crippen molar-refractivity contribution < 1.29 is 4.92 Å². The molecule has 3 heteroatoms. The summed E-state index contributed by atoms with van der Waals surface area (Å²) in [5.41, 5.74) is 1.09. The Balaban J connectivity index is 2.05. The molecule has 0 saturated heterocycles. The summed E-state index contributed by atoms with van der Waals surface area (Å²) in [6.45, 7) is 3.93. The Bertz CT molecular complexity index is 269. The zero-order chi connectivity index (χ0) is 10.8. The lowest BCUT2D eigenvalue weighted by Gasteiger charge is -2.27. The first-order chi connectivity index (χ1) is 7.18. The van der Waals surface area contributed by atoms with Crippen LogP contribution < -0.4 is 0 Å². The first-order valence-electron chi connectivity index (χ1n) is 5.98. The van der Waals surface area contributed by atoms with Crippen LogP contribution in [-0.2, 0) is 0 Å². The van der Waals surface area contributed by atoms with Crippen molar-refractivity contribution in [1.82, 2.24) is 0 Å². The van der Waals surface area contributed by atoms with Gasteiger partial charge in [-0.25, -0.2) is 0 Å². The van der Waals surface area contributed by atoms with Crippen LogP contribution in [0.5, 0.6) is 0 Å². The lowest BCUT2D eigenvalue weighted by atomic mass is 9.78. The van der Waals surface area contributed by atoms with Crippen molar-refractivity contribution in [1.29, 1.82) is 0 Å². The van der Waals surface area contributed by atoms with E-state index in [1.807, 2.05) is 0 Å². The minimum atomic E-state index is -0.333. The topological polar surface area (TPSA) is 43.1 Å². The molecule has 2 rings (SSSR count). The van der Waals surface area contributed by atoms with Crippen molar-refractivity contribution in [2.45, 2.75) is 51.0 Å². The Kier molecular flexibility index (Phi) is 3.08. The second kappa shape index (κ2) is 4.33. The smallest absolute Gasteiger partial charge is 0.220 e. The van der Waals surface area contributed by atoms with E-state index < -0.39 is 0 Å². The van der Waals surface area contributed by atoms with Gasteiger partial charge in [0, 0.05) is 17.3 Å². The SMILES string of the molecule is C=C1C[C@H](C2CCCCC2)[C@@H]([N+](=O)[O-])C1. The summed E-state index contributed by atoms with van der Waals surface area (Å²) >= 11 is 0. The van der Waals surface area contributed by atoms with Crippen LogP contribution in [-0.4, -0.2) is 11.0 Å². The van der Waals surface area contributed by atoms with Crippen LogP contribution in [0.3, 0.4) is 0 Å². The van der Waals surface area contributed by atoms with E-state index in [1.54, 1.807) is 0 Å². The third-order valence-electron chi connectivity index (χ3n) is 4.04. The Morgan fingerprint density at radius 1 is 1.20 bits per heavy atom. The number of hydrogen-bond acceptors (Lipinski definition) is 2. The summed E-state index contributed by atoms with van der Waals surface area (Å²) < 4.78 is 0. The predicted molar refractivity (Wildman–Crippen MR) is 59.2 cm³/mol. The molecule has 0 aromatic carbocycles. The highest BCUT2D eigenvalue weighted by molar-refractivity contribution is 5.08. The molecule has 0 spiro atoms. The average molecular weight is 209 g/mol. The van der Waals surface area contributed by atoms with Gasteiger partial charge in [0.1, 0.15) is 0 Å². The lowest BCUT2D eigenvalue weighted by Crippen LogP contribution is -2.30. The van der Waals surface area contributed by atoms with Gasteiger partial charge in [0.25, 0.3) is 0 Å². The van der Waals surface area contributed by atoms with Crippen molar-refractivity contribution in [3.8, 4) is 0 Å². The standard InChI is InChI=1S/C12H19NO2/c1-9-7-11(12(8-9)13(14)15)10-5-3-2-4-6-10/h10-12H,1-8H2/t11-,12+/m1/s1. The van der Waals surface area contributed by atoms with Crippen LogP contribution in [0, 0.1) is 22.0 Å². The van der Waals surface area contributed by atoms with Gasteiger partial charge in [-0.05, 0) is 25.2 Å². The van der Waals surface area contributed by atoms with E-state index in [-0.39, 0.29) is 16.9 Å². The minimum Gasteiger partial charge on any atom is -0.264 e. The average Bonchev–Trinajstić information content (AvgIpc) is 2.62. The normalized spacial score (nSPS) is 33.2. The fourth-order valence-electron chi connectivity index (χ4n) is 3.27. The van der Waals surface area contributed by atoms with E-state index in [2.05, 4.69) is 6.58 Å². The van der Waals surface area contributed by atoms with E-state index in [4.69, 9.17) is 0 Å². The molecule has 0 amide bonds. The molecular formula is C12H19NO2. The second-order valence-electron chi connectivity index (χ2n) is 5.07. The van der Waals surface area contributed by atoms with Gasteiger partial charge in [0.2, 0.25) is 6.04 Å². The molecule has 15 heavy (non-hydrogen) atoms. The fourth-order valence-corrected chi connectivity index (χ4v) is 3.27. The molecule has 0 bridgehead atoms. The quantitative estimate of drug-likeness (QED) is 0.398. The van der Waals surface area contributed by atoms with Gasteiger partial charge < -0.3 is 0 Å². The maximum Gasteiger partial charge on any atom is 0.220 e. The van der Waals surface area contributed by atoms with Gasteiger partial charge in [-0.15, -0.1) is 0 Å². The Morgan fingerprint density at radius 3 is 2.47 bits per heavy atom. The molecule has 2 fully saturated rings. The zero-order valence-corrected chi connectivity index (χ0v) is 9.15. The van der Waals surface area contributed by atoms with Crippen molar-refractivity contribution in [2.75, 3.05) is 0 Å². The highest BCUT2D eigenvalue weighted by atomic mass is 16.6. The Hall–Kier alpha value is -0.860. The van der Waals surface area contributed by atoms with Crippen molar-refractivity contribution in [2.24, 2.45) is 11.8 Å². The van der Waals surface area contributed by atoms with E-state index in [1.165, 1.54) is 32.1 Å². The van der Waals surface area contributed by atoms with Crippen LogP contribution in [0.15, 0.2) is 12.2 Å². The lowest BCUT2D eigenvalue weighted by molar-refractivity contribution is -0.530. The molecular weight excluding hydrogens is 190 g/mol. The summed E-state index contributed by atoms with van der Waals surface area (Å²) in [6, 6.07) is -0.333. The summed E-state index contributed by atoms with van der Waals surface area (Å²) in [4.78, 5) is 10.9. The van der Waals surface area contributed by atoms with Crippen molar-refractivity contribution in [3.63, 3.8) is 0 Å². The molecule has 2 aliphatic carbocycles. The van der Waals surface area contributed by atoms with Gasteiger partial charge in [-0.1, -0.05) is 31.4 Å². The van der Waals surface area contributed by atoms with Crippen LogP contribution in [0.25, 0.3) is 0 Å². The highest BCUT2D eigenvalue weighted by Crippen LogP contribution is 2.42. The van der Waals surface area contributed by atoms with E-state index in [9.17, 15) is 10.1 Å². The molecule has 0 unspecified atom stereocenters. The van der Waals surface area contributed by atoms with Gasteiger partial charge in [0.05, 0.1) is 0 Å². The molecule has 0 aliphatic heterocycles. The monoisotopic (exact) mass is 209 g/mol. The molecule has 3 nitrogen and oxygen atoms in total. The molecule has 0 aromatic heterocycles. The minimum absolute atomic E-state index is 0.0720. The summed E-state index contributed by atoms with van der Waals surface area (Å²) in [5.74, 6) is 0.876. The first-order valence-corrected chi connectivity index (χ1v) is 5.98. The van der Waals surface area contributed by atoms with Crippen molar-refractivity contribution >= 4 is 0 Å². The Morgan fingerprint density at radius 2 is 1.87 bits per heavy atom. The molecule has 84 valence electrons. The highest BCUT2D eigenvalue weighted by Gasteiger charge is 2.42. The Labute approximate surface area is 90.7 Å². The van der Waals surface area contributed by atoms with Gasteiger partial charge in [-0.2, -0.15) is 0 Å². The number of nitro groups is 1. The van der Waals surface area contributed by atoms with E-state index >= 15 is 0 Å². The zero-order valence-electron chi connectivity index (χ0n) is 9.15. The number of nitrogens with zero attached hydrogens (tertiary/aromatic N) is 1. The molecule has 0 radical (unpaired) electrons. The number of hydrogen-bond donors (Lipinski definition) is 0. The van der Waals surface area contributed by atoms with Crippen LogP contribution >= 0.6 is 0 Å². The molecule has 2 aliphatic rings. The first kappa shape index (κ1) is 10.7. The molecule has 0 aromatic rings. The van der Waals surface area contributed by atoms with Crippen molar-refractivity contribution in [3.05, 3.63) is 22.3 Å². The van der Waals surface area contributed by atoms with Gasteiger partial charge >= 0.3 is 0 Å². The van der Waals surface area contributed by atoms with E-state index in [0.29, 0.717) is 12.3 Å². The van der Waals surface area contributed by atoms with Crippen LogP contribution in [0.4, 0.5) is 0 Å². The fraction of sp³-hybridized carbons (Fsp3) is 0.833. The molecule has 0 heterocycles. The molecule has 2 saturated carbocycles. The largest absolute Gasteiger partial charge is 0.264 e. The summed E-state index contributed by atoms with van der Waals surface area (Å²) in [5, 5.41) is 11.0. The van der Waals surface area contributed by atoms with Gasteiger partial charge in [0.15, 0.2) is 0 Å². The maximum atomic E-state index is 11.0. The summed E-state index contributed by atoms with van der Waals surface area (Å²) in [6.07, 6.45) is 7.75. The second-order valence-corrected chi connectivity index (χ2v) is 5.07. The molecule has 0 N–H and O–H groups in total. The van der Waals surface area contributed by atoms with Crippen LogP contribution in [0.2, 0.25) is 0 Å². The third-order valence-corrected chi connectivity index (χ3v) is 4.04. The third kappa shape index (κ3) is 2.21.